The topological polar surface area (TPSA) is 89.5 Å². The fourth-order valence-corrected chi connectivity index (χ4v) is 6.09. The quantitative estimate of drug-likeness (QED) is 0.351. The number of ketones is 1. The van der Waals surface area contributed by atoms with Crippen molar-refractivity contribution in [2.45, 2.75) is 102 Å². The van der Waals surface area contributed by atoms with Crippen molar-refractivity contribution in [3.8, 4) is 0 Å². The van der Waals surface area contributed by atoms with Gasteiger partial charge in [-0.15, -0.1) is 0 Å². The van der Waals surface area contributed by atoms with E-state index in [1.54, 1.807) is 0 Å². The first-order valence-electron chi connectivity index (χ1n) is 10.6. The molecule has 0 aromatic heterocycles. The third kappa shape index (κ3) is 3.67. The Kier molecular flexibility index (Phi) is 6.30. The van der Waals surface area contributed by atoms with Crippen LogP contribution in [0.15, 0.2) is 0 Å². The Balaban J connectivity index is 2.09. The number of rotatable bonds is 6. The molecule has 172 valence electrons. The summed E-state index contributed by atoms with van der Waals surface area (Å²) in [4.78, 5) is 25.0. The summed E-state index contributed by atoms with van der Waals surface area (Å²) in [6.07, 6.45) is -1.63. The van der Waals surface area contributed by atoms with Crippen LogP contribution in [0.2, 0.25) is 18.1 Å². The molecule has 6 atom stereocenters. The van der Waals surface area contributed by atoms with Crippen molar-refractivity contribution in [2.24, 2.45) is 5.41 Å². The molecular formula is C21H36O8Si. The van der Waals surface area contributed by atoms with Crippen LogP contribution in [0.4, 0.5) is 0 Å². The lowest BCUT2D eigenvalue weighted by Crippen LogP contribution is -2.72. The van der Waals surface area contributed by atoms with Crippen molar-refractivity contribution in [1.82, 2.24) is 0 Å². The van der Waals surface area contributed by atoms with Crippen LogP contribution < -0.4 is 0 Å². The van der Waals surface area contributed by atoms with Crippen molar-refractivity contribution >= 4 is 20.1 Å². The molecule has 3 rings (SSSR count). The molecule has 0 radical (unpaired) electrons. The Bertz CT molecular complexity index is 689. The number of esters is 1. The number of ether oxygens (including phenoxy) is 5. The first-order chi connectivity index (χ1) is 13.8. The zero-order valence-electron chi connectivity index (χ0n) is 19.4. The summed E-state index contributed by atoms with van der Waals surface area (Å²) in [6.45, 7) is 14.0. The molecule has 2 saturated heterocycles. The van der Waals surface area contributed by atoms with E-state index < -0.39 is 50.1 Å². The highest BCUT2D eigenvalue weighted by Crippen LogP contribution is 2.60. The monoisotopic (exact) mass is 444 g/mol. The SMILES string of the molecule is COCO[C@@H]1[C@@H](OC(C)=O)O[C@H]2C[C@]3(C)C(=O)CC[C@@H](O[Si](C)(C)C(C)(C)C)[C@@]13O2. The summed E-state index contributed by atoms with van der Waals surface area (Å²) < 4.78 is 35.8. The molecule has 1 aliphatic carbocycles. The van der Waals surface area contributed by atoms with Gasteiger partial charge in [-0.2, -0.15) is 0 Å². The molecule has 9 heteroatoms. The molecule has 0 amide bonds. The molecule has 2 heterocycles. The Morgan fingerprint density at radius 1 is 1.30 bits per heavy atom. The standard InChI is InChI=1S/C21H36O8Si/c1-13(22)26-18-17(25-12-24-6)21-15(29-30(7,8)19(2,3)4)10-9-14(23)20(21,5)11-16(27-18)28-21/h15-18H,9-12H2,1-8H3/t15-,16-,17-,18+,20-,21-/m1/s1. The van der Waals surface area contributed by atoms with Crippen LogP contribution in [0.5, 0.6) is 0 Å². The fourth-order valence-electron chi connectivity index (χ4n) is 4.74. The van der Waals surface area contributed by atoms with Crippen LogP contribution in [0.3, 0.4) is 0 Å². The first-order valence-corrected chi connectivity index (χ1v) is 13.5. The molecular weight excluding hydrogens is 408 g/mol. The van der Waals surface area contributed by atoms with Crippen LogP contribution in [0.1, 0.15) is 53.9 Å². The summed E-state index contributed by atoms with van der Waals surface area (Å²) in [5, 5.41) is -0.0250. The van der Waals surface area contributed by atoms with Crippen molar-refractivity contribution in [2.75, 3.05) is 13.9 Å². The lowest BCUT2D eigenvalue weighted by atomic mass is 9.59. The molecule has 3 fully saturated rings. The van der Waals surface area contributed by atoms with Gasteiger partial charge in [-0.25, -0.2) is 0 Å². The molecule has 0 N–H and O–H groups in total. The van der Waals surface area contributed by atoms with E-state index in [0.29, 0.717) is 19.3 Å². The number of fused-ring (bicyclic) bond motifs is 1. The van der Waals surface area contributed by atoms with E-state index >= 15 is 0 Å². The number of methoxy groups -OCH3 is 1. The summed E-state index contributed by atoms with van der Waals surface area (Å²) in [6, 6.07) is 0. The summed E-state index contributed by atoms with van der Waals surface area (Å²) >= 11 is 0. The zero-order valence-corrected chi connectivity index (χ0v) is 20.4. The van der Waals surface area contributed by atoms with Crippen LogP contribution in [-0.2, 0) is 37.7 Å². The molecule has 0 unspecified atom stereocenters. The van der Waals surface area contributed by atoms with Gasteiger partial charge >= 0.3 is 5.97 Å². The Morgan fingerprint density at radius 3 is 2.53 bits per heavy atom. The van der Waals surface area contributed by atoms with Gasteiger partial charge in [0.15, 0.2) is 20.7 Å². The van der Waals surface area contributed by atoms with Gasteiger partial charge in [0.1, 0.15) is 18.2 Å². The number of Topliss-reactive ketones (excluding diaryl/α,β-unsaturated/α-hetero) is 1. The molecule has 30 heavy (non-hydrogen) atoms. The summed E-state index contributed by atoms with van der Waals surface area (Å²) in [5.41, 5.74) is -2.00. The molecule has 1 spiro atoms. The molecule has 0 aromatic rings. The van der Waals surface area contributed by atoms with Crippen LogP contribution in [0, 0.1) is 5.41 Å². The van der Waals surface area contributed by atoms with Gasteiger partial charge in [0.05, 0.1) is 11.5 Å². The average Bonchev–Trinajstić information content (AvgIpc) is 2.86. The largest absolute Gasteiger partial charge is 0.433 e. The van der Waals surface area contributed by atoms with Crippen LogP contribution in [-0.4, -0.2) is 64.4 Å². The van der Waals surface area contributed by atoms with E-state index in [1.165, 1.54) is 14.0 Å². The zero-order chi connectivity index (χ0) is 22.5. The van der Waals surface area contributed by atoms with E-state index in [2.05, 4.69) is 33.9 Å². The normalized spacial score (nSPS) is 39.0. The van der Waals surface area contributed by atoms with Gasteiger partial charge in [-0.05, 0) is 31.5 Å². The Morgan fingerprint density at radius 2 is 1.97 bits per heavy atom. The van der Waals surface area contributed by atoms with E-state index in [9.17, 15) is 9.59 Å². The molecule has 8 nitrogen and oxygen atoms in total. The molecule has 0 aromatic carbocycles. The average molecular weight is 445 g/mol. The highest BCUT2D eigenvalue weighted by atomic mass is 28.4. The van der Waals surface area contributed by atoms with Gasteiger partial charge in [-0.3, -0.25) is 9.59 Å². The number of carbonyl (C=O) groups is 2. The number of hydrogen-bond donors (Lipinski definition) is 0. The van der Waals surface area contributed by atoms with Gasteiger partial charge in [0.2, 0.25) is 6.29 Å². The van der Waals surface area contributed by atoms with E-state index in [4.69, 9.17) is 28.1 Å². The van der Waals surface area contributed by atoms with Gasteiger partial charge in [0.25, 0.3) is 0 Å². The van der Waals surface area contributed by atoms with Crippen LogP contribution in [0.25, 0.3) is 0 Å². The highest BCUT2D eigenvalue weighted by Gasteiger charge is 2.75. The van der Waals surface area contributed by atoms with Crippen molar-refractivity contribution in [1.29, 1.82) is 0 Å². The second kappa shape index (κ2) is 7.93. The lowest BCUT2D eigenvalue weighted by molar-refractivity contribution is -0.376. The maximum atomic E-state index is 13.2. The van der Waals surface area contributed by atoms with Crippen molar-refractivity contribution < 1.29 is 37.7 Å². The van der Waals surface area contributed by atoms with Crippen molar-refractivity contribution in [3.05, 3.63) is 0 Å². The smallest absolute Gasteiger partial charge is 0.305 e. The summed E-state index contributed by atoms with van der Waals surface area (Å²) in [5.74, 6) is -0.396. The minimum Gasteiger partial charge on any atom is -0.433 e. The minimum absolute atomic E-state index is 0.0250. The van der Waals surface area contributed by atoms with Gasteiger partial charge < -0.3 is 28.1 Å². The molecule has 3 aliphatic rings. The molecule has 1 saturated carbocycles. The van der Waals surface area contributed by atoms with E-state index in [-0.39, 0.29) is 17.6 Å². The third-order valence-corrected chi connectivity index (χ3v) is 11.8. The summed E-state index contributed by atoms with van der Waals surface area (Å²) in [7, 11) is -0.701. The third-order valence-electron chi connectivity index (χ3n) is 7.34. The predicted molar refractivity (Wildman–Crippen MR) is 110 cm³/mol. The first kappa shape index (κ1) is 23.8. The van der Waals surface area contributed by atoms with E-state index in [0.717, 1.165) is 0 Å². The predicted octanol–water partition coefficient (Wildman–Crippen LogP) is 3.14. The fraction of sp³-hybridized carbons (Fsp3) is 0.905. The van der Waals surface area contributed by atoms with Gasteiger partial charge in [-0.1, -0.05) is 20.8 Å². The molecule has 2 bridgehead atoms. The number of carbonyl (C=O) groups excluding carboxylic acids is 2. The van der Waals surface area contributed by atoms with Crippen molar-refractivity contribution in [3.63, 3.8) is 0 Å². The maximum absolute atomic E-state index is 13.2. The van der Waals surface area contributed by atoms with Crippen LogP contribution >= 0.6 is 0 Å². The highest BCUT2D eigenvalue weighted by molar-refractivity contribution is 6.74. The second-order valence-electron chi connectivity index (χ2n) is 10.3. The lowest BCUT2D eigenvalue weighted by Gasteiger charge is -2.56. The minimum atomic E-state index is -2.21. The second-order valence-corrected chi connectivity index (χ2v) is 15.1. The van der Waals surface area contributed by atoms with E-state index in [1.807, 2.05) is 6.92 Å². The number of hydrogen-bond acceptors (Lipinski definition) is 8. The Hall–Kier alpha value is -0.843. The Labute approximate surface area is 180 Å². The van der Waals surface area contributed by atoms with Gasteiger partial charge in [0, 0.05) is 26.9 Å². The molecule has 2 aliphatic heterocycles. The maximum Gasteiger partial charge on any atom is 0.305 e.